The van der Waals surface area contributed by atoms with Gasteiger partial charge >= 0.3 is 0 Å². The number of anilines is 1. The monoisotopic (exact) mass is 508 g/mol. The number of aromatic nitrogens is 2. The molecule has 170 valence electrons. The fraction of sp³-hybridized carbons (Fsp3) is 0.0833. The lowest BCUT2D eigenvalue weighted by Crippen LogP contribution is -2.20. The molecule has 0 aliphatic rings. The first-order valence-corrected chi connectivity index (χ1v) is 12.0. The number of allylic oxidation sites excluding steroid dienone is 1. The number of ether oxygens (including phenoxy) is 2. The van der Waals surface area contributed by atoms with Crippen molar-refractivity contribution in [1.82, 2.24) is 9.97 Å². The number of nitriles is 1. The molecule has 0 spiro atoms. The number of nitrogens with zero attached hydrogens (tertiary/aromatic N) is 3. The number of benzene rings is 2. The van der Waals surface area contributed by atoms with Gasteiger partial charge < -0.3 is 9.47 Å². The van der Waals surface area contributed by atoms with E-state index in [-0.39, 0.29) is 12.5 Å². The summed E-state index contributed by atoms with van der Waals surface area (Å²) in [6.45, 7) is -0.193. The number of nitrogens with one attached hydrogen (secondary N) is 1. The molecule has 0 bridgehead atoms. The minimum absolute atomic E-state index is 0.193. The van der Waals surface area contributed by atoms with Crippen molar-refractivity contribution in [1.29, 1.82) is 5.26 Å². The maximum Gasteiger partial charge on any atom is 0.264 e. The highest BCUT2D eigenvalue weighted by Gasteiger charge is 2.12. The molecule has 10 heteroatoms. The van der Waals surface area contributed by atoms with Crippen LogP contribution in [0.25, 0.3) is 22.9 Å². The Balaban J connectivity index is 1.48. The van der Waals surface area contributed by atoms with Gasteiger partial charge in [-0.3, -0.25) is 10.1 Å². The van der Waals surface area contributed by atoms with Crippen LogP contribution in [0.2, 0.25) is 5.02 Å². The summed E-state index contributed by atoms with van der Waals surface area (Å²) in [5, 5.41) is 17.8. The van der Waals surface area contributed by atoms with Crippen LogP contribution in [0.15, 0.2) is 59.4 Å². The quantitative estimate of drug-likeness (QED) is 0.293. The number of rotatable bonds is 8. The number of thiazole rings is 2. The van der Waals surface area contributed by atoms with E-state index in [0.29, 0.717) is 32.2 Å². The van der Waals surface area contributed by atoms with Gasteiger partial charge in [-0.25, -0.2) is 9.97 Å². The molecule has 4 rings (SSSR count). The summed E-state index contributed by atoms with van der Waals surface area (Å²) in [6, 6.07) is 14.8. The Bertz CT molecular complexity index is 1360. The van der Waals surface area contributed by atoms with E-state index in [1.54, 1.807) is 48.0 Å². The van der Waals surface area contributed by atoms with Crippen molar-refractivity contribution in [3.05, 3.63) is 75.0 Å². The van der Waals surface area contributed by atoms with Gasteiger partial charge in [-0.05, 0) is 35.9 Å². The van der Waals surface area contributed by atoms with Crippen LogP contribution in [0.1, 0.15) is 10.6 Å². The van der Waals surface area contributed by atoms with Crippen LogP contribution in [-0.2, 0) is 4.79 Å². The van der Waals surface area contributed by atoms with E-state index in [4.69, 9.17) is 21.1 Å². The number of carbonyl (C=O) groups excluding carboxylic acids is 1. The van der Waals surface area contributed by atoms with Crippen LogP contribution in [0.5, 0.6) is 11.5 Å². The van der Waals surface area contributed by atoms with Crippen LogP contribution in [-0.4, -0.2) is 29.6 Å². The SMILES string of the molecule is COc1cc(/C=C(\C#N)c2nc(-c3ccc(Cl)cc3)cs2)ccc1OCC(=O)Nc1nccs1. The molecule has 1 amide bonds. The van der Waals surface area contributed by atoms with Gasteiger partial charge in [0.05, 0.1) is 18.4 Å². The zero-order valence-corrected chi connectivity index (χ0v) is 20.2. The molecule has 0 radical (unpaired) electrons. The Morgan fingerprint density at radius 2 is 2.03 bits per heavy atom. The third-order valence-electron chi connectivity index (χ3n) is 4.53. The second-order valence-electron chi connectivity index (χ2n) is 6.80. The molecule has 0 saturated heterocycles. The molecule has 2 aromatic heterocycles. The number of carbonyl (C=O) groups is 1. The highest BCUT2D eigenvalue weighted by Crippen LogP contribution is 2.31. The van der Waals surface area contributed by atoms with Crippen molar-refractivity contribution >= 4 is 57.0 Å². The van der Waals surface area contributed by atoms with Gasteiger partial charge in [-0.15, -0.1) is 22.7 Å². The van der Waals surface area contributed by atoms with Gasteiger partial charge in [0.2, 0.25) is 0 Å². The molecular weight excluding hydrogens is 492 g/mol. The predicted molar refractivity (Wildman–Crippen MR) is 135 cm³/mol. The lowest BCUT2D eigenvalue weighted by atomic mass is 10.1. The Hall–Kier alpha value is -3.71. The van der Waals surface area contributed by atoms with E-state index in [2.05, 4.69) is 21.4 Å². The van der Waals surface area contributed by atoms with Gasteiger partial charge in [0.25, 0.3) is 5.91 Å². The Morgan fingerprint density at radius 1 is 1.21 bits per heavy atom. The number of amides is 1. The van der Waals surface area contributed by atoms with Crippen molar-refractivity contribution in [3.8, 4) is 28.8 Å². The maximum absolute atomic E-state index is 12.0. The Morgan fingerprint density at radius 3 is 2.74 bits per heavy atom. The maximum atomic E-state index is 12.0. The molecule has 7 nitrogen and oxygen atoms in total. The van der Waals surface area contributed by atoms with Crippen LogP contribution in [0.3, 0.4) is 0 Å². The first-order chi connectivity index (χ1) is 16.6. The average molecular weight is 509 g/mol. The smallest absolute Gasteiger partial charge is 0.264 e. The number of hydrogen-bond donors (Lipinski definition) is 1. The Labute approximate surface area is 208 Å². The fourth-order valence-corrected chi connectivity index (χ4v) is 4.40. The largest absolute Gasteiger partial charge is 0.493 e. The minimum atomic E-state index is -0.326. The second-order valence-corrected chi connectivity index (χ2v) is 8.99. The molecule has 0 saturated carbocycles. The molecule has 34 heavy (non-hydrogen) atoms. The first-order valence-electron chi connectivity index (χ1n) is 9.89. The minimum Gasteiger partial charge on any atom is -0.493 e. The van der Waals surface area contributed by atoms with E-state index in [1.807, 2.05) is 17.5 Å². The lowest BCUT2D eigenvalue weighted by Gasteiger charge is -2.11. The lowest BCUT2D eigenvalue weighted by molar-refractivity contribution is -0.118. The molecule has 1 N–H and O–H groups in total. The third-order valence-corrected chi connectivity index (χ3v) is 6.35. The van der Waals surface area contributed by atoms with E-state index in [0.717, 1.165) is 16.8 Å². The molecule has 0 fully saturated rings. The van der Waals surface area contributed by atoms with Crippen LogP contribution in [0.4, 0.5) is 5.13 Å². The number of hydrogen-bond acceptors (Lipinski definition) is 8. The van der Waals surface area contributed by atoms with E-state index in [1.165, 1.54) is 29.8 Å². The summed E-state index contributed by atoms with van der Waals surface area (Å²) < 4.78 is 11.0. The van der Waals surface area contributed by atoms with Crippen molar-refractivity contribution < 1.29 is 14.3 Å². The highest BCUT2D eigenvalue weighted by molar-refractivity contribution is 7.13. The van der Waals surface area contributed by atoms with Gasteiger partial charge in [0.15, 0.2) is 23.2 Å². The van der Waals surface area contributed by atoms with Gasteiger partial charge in [-0.1, -0.05) is 29.8 Å². The fourth-order valence-electron chi connectivity index (χ4n) is 2.94. The number of halogens is 1. The van der Waals surface area contributed by atoms with Crippen molar-refractivity contribution in [2.75, 3.05) is 19.0 Å². The molecular formula is C24H17ClN4O3S2. The third kappa shape index (κ3) is 5.80. The molecule has 4 aromatic rings. The van der Waals surface area contributed by atoms with E-state index < -0.39 is 0 Å². The van der Waals surface area contributed by atoms with Crippen LogP contribution < -0.4 is 14.8 Å². The van der Waals surface area contributed by atoms with E-state index >= 15 is 0 Å². The predicted octanol–water partition coefficient (Wildman–Crippen LogP) is 6.01. The topological polar surface area (TPSA) is 97.1 Å². The van der Waals surface area contributed by atoms with Crippen LogP contribution >= 0.6 is 34.3 Å². The molecule has 0 atom stereocenters. The van der Waals surface area contributed by atoms with Gasteiger partial charge in [0.1, 0.15) is 11.1 Å². The van der Waals surface area contributed by atoms with Gasteiger partial charge in [0, 0.05) is 27.5 Å². The zero-order chi connectivity index (χ0) is 23.9. The summed E-state index contributed by atoms with van der Waals surface area (Å²) in [4.78, 5) is 20.6. The molecule has 2 heterocycles. The first kappa shape index (κ1) is 23.4. The van der Waals surface area contributed by atoms with Crippen molar-refractivity contribution in [2.24, 2.45) is 0 Å². The molecule has 0 aliphatic carbocycles. The Kier molecular flexibility index (Phi) is 7.54. The summed E-state index contributed by atoms with van der Waals surface area (Å²) in [5.74, 6) is 0.522. The summed E-state index contributed by atoms with van der Waals surface area (Å²) >= 11 is 8.67. The second kappa shape index (κ2) is 10.9. The molecule has 0 aliphatic heterocycles. The van der Waals surface area contributed by atoms with E-state index in [9.17, 15) is 10.1 Å². The molecule has 0 unspecified atom stereocenters. The summed E-state index contributed by atoms with van der Waals surface area (Å²) in [7, 11) is 1.51. The average Bonchev–Trinajstić information content (AvgIpc) is 3.54. The number of methoxy groups -OCH3 is 1. The zero-order valence-electron chi connectivity index (χ0n) is 17.8. The van der Waals surface area contributed by atoms with Crippen molar-refractivity contribution in [3.63, 3.8) is 0 Å². The highest BCUT2D eigenvalue weighted by atomic mass is 35.5. The normalized spacial score (nSPS) is 11.0. The summed E-state index contributed by atoms with van der Waals surface area (Å²) in [5.41, 5.74) is 2.85. The van der Waals surface area contributed by atoms with Crippen LogP contribution in [0, 0.1) is 11.3 Å². The standard InChI is InChI=1S/C24H17ClN4O3S2/c1-31-21-11-15(2-7-20(21)32-13-22(30)29-24-27-8-9-33-24)10-17(12-26)23-28-19(14-34-23)16-3-5-18(25)6-4-16/h2-11,14H,13H2,1H3,(H,27,29,30)/b17-10+. The summed E-state index contributed by atoms with van der Waals surface area (Å²) in [6.07, 6.45) is 3.34. The molecule has 2 aromatic carbocycles. The van der Waals surface area contributed by atoms with Gasteiger partial charge in [-0.2, -0.15) is 5.26 Å². The van der Waals surface area contributed by atoms with Crippen molar-refractivity contribution in [2.45, 2.75) is 0 Å².